The van der Waals surface area contributed by atoms with E-state index in [-0.39, 0.29) is 5.91 Å². The molecule has 0 atom stereocenters. The molecule has 6 heteroatoms. The summed E-state index contributed by atoms with van der Waals surface area (Å²) in [6.07, 6.45) is 2.25. The number of aryl methyl sites for hydroxylation is 1. The topological polar surface area (TPSA) is 60.9 Å². The normalized spacial score (nSPS) is 17.7. The van der Waals surface area contributed by atoms with Crippen molar-refractivity contribution in [3.8, 4) is 10.6 Å². The highest BCUT2D eigenvalue weighted by atomic mass is 32.1. The molecule has 0 unspecified atom stereocenters. The van der Waals surface area contributed by atoms with E-state index in [1.807, 2.05) is 18.2 Å². The van der Waals surface area contributed by atoms with Crippen molar-refractivity contribution in [3.63, 3.8) is 0 Å². The van der Waals surface area contributed by atoms with Gasteiger partial charge in [0.2, 0.25) is 0 Å². The number of hydrogen-bond donors (Lipinski definition) is 1. The molecule has 0 aliphatic carbocycles. The molecule has 0 spiro atoms. The SMILES string of the molecule is Cc1ccccc1-c1nc2c(cc(C(N)=O)n2C2CC[Si](C)(C)CC2)s1. The predicted octanol–water partition coefficient (Wildman–Crippen LogP) is 5.22. The minimum atomic E-state index is -1.06. The monoisotopic (exact) mass is 383 g/mol. The fourth-order valence-corrected chi connectivity index (χ4v) is 7.59. The van der Waals surface area contributed by atoms with E-state index >= 15 is 0 Å². The van der Waals surface area contributed by atoms with Gasteiger partial charge in [-0.15, -0.1) is 11.3 Å². The molecule has 2 aromatic heterocycles. The van der Waals surface area contributed by atoms with Crippen molar-refractivity contribution in [1.82, 2.24) is 9.55 Å². The third-order valence-corrected chi connectivity index (χ3v) is 10.0. The van der Waals surface area contributed by atoms with Crippen LogP contribution in [-0.2, 0) is 0 Å². The minimum absolute atomic E-state index is 0.336. The number of amides is 1. The van der Waals surface area contributed by atoms with Crippen LogP contribution < -0.4 is 5.73 Å². The second kappa shape index (κ2) is 6.35. The molecule has 136 valence electrons. The summed E-state index contributed by atoms with van der Waals surface area (Å²) in [7, 11) is -1.06. The molecule has 1 aliphatic heterocycles. The molecular weight excluding hydrogens is 358 g/mol. The smallest absolute Gasteiger partial charge is 0.265 e. The first kappa shape index (κ1) is 17.5. The Morgan fingerprint density at radius 2 is 1.96 bits per heavy atom. The van der Waals surface area contributed by atoms with Gasteiger partial charge >= 0.3 is 0 Å². The first-order chi connectivity index (χ1) is 12.4. The van der Waals surface area contributed by atoms with Crippen LogP contribution in [0, 0.1) is 6.92 Å². The van der Waals surface area contributed by atoms with Crippen LogP contribution in [0.1, 0.15) is 34.9 Å². The summed E-state index contributed by atoms with van der Waals surface area (Å²) >= 11 is 1.65. The number of thiazole rings is 1. The van der Waals surface area contributed by atoms with E-state index < -0.39 is 8.07 Å². The summed E-state index contributed by atoms with van der Waals surface area (Å²) in [5.41, 5.74) is 9.62. The highest BCUT2D eigenvalue weighted by Crippen LogP contribution is 2.40. The van der Waals surface area contributed by atoms with Crippen molar-refractivity contribution in [3.05, 3.63) is 41.6 Å². The molecule has 1 aliphatic rings. The number of primary amides is 1. The van der Waals surface area contributed by atoms with Crippen LogP contribution in [0.3, 0.4) is 0 Å². The molecule has 0 radical (unpaired) electrons. The molecule has 1 saturated heterocycles. The van der Waals surface area contributed by atoms with Gasteiger partial charge < -0.3 is 10.3 Å². The van der Waals surface area contributed by atoms with E-state index in [4.69, 9.17) is 10.7 Å². The third-order valence-electron chi connectivity index (χ3n) is 5.69. The fourth-order valence-electron chi connectivity index (χ4n) is 4.03. The lowest BCUT2D eigenvalue weighted by atomic mass is 10.1. The van der Waals surface area contributed by atoms with E-state index in [1.165, 1.54) is 17.7 Å². The molecule has 3 aromatic rings. The van der Waals surface area contributed by atoms with E-state index in [2.05, 4.69) is 36.7 Å². The molecule has 26 heavy (non-hydrogen) atoms. The average molecular weight is 384 g/mol. The number of rotatable bonds is 3. The highest BCUT2D eigenvalue weighted by Gasteiger charge is 2.32. The maximum atomic E-state index is 12.1. The number of carbonyl (C=O) groups is 1. The minimum Gasteiger partial charge on any atom is -0.364 e. The van der Waals surface area contributed by atoms with Gasteiger partial charge in [-0.2, -0.15) is 0 Å². The third kappa shape index (κ3) is 3.01. The molecule has 4 rings (SSSR count). The van der Waals surface area contributed by atoms with E-state index in [9.17, 15) is 4.79 Å². The summed E-state index contributed by atoms with van der Waals surface area (Å²) in [4.78, 5) is 17.0. The van der Waals surface area contributed by atoms with Crippen LogP contribution in [0.15, 0.2) is 30.3 Å². The molecule has 1 amide bonds. The zero-order valence-electron chi connectivity index (χ0n) is 15.6. The van der Waals surface area contributed by atoms with Gasteiger partial charge in [0, 0.05) is 19.7 Å². The van der Waals surface area contributed by atoms with Crippen molar-refractivity contribution < 1.29 is 4.79 Å². The molecule has 3 heterocycles. The summed E-state index contributed by atoms with van der Waals surface area (Å²) in [6.45, 7) is 7.03. The van der Waals surface area contributed by atoms with E-state index in [0.717, 1.165) is 33.8 Å². The predicted molar refractivity (Wildman–Crippen MR) is 112 cm³/mol. The van der Waals surface area contributed by atoms with Crippen LogP contribution in [0.4, 0.5) is 0 Å². The van der Waals surface area contributed by atoms with Crippen LogP contribution in [0.25, 0.3) is 20.9 Å². The quantitative estimate of drug-likeness (QED) is 0.631. The van der Waals surface area contributed by atoms with Gasteiger partial charge in [0.05, 0.1) is 4.70 Å². The largest absolute Gasteiger partial charge is 0.364 e. The Morgan fingerprint density at radius 1 is 1.27 bits per heavy atom. The number of nitrogens with two attached hydrogens (primary N) is 1. The number of carbonyl (C=O) groups excluding carboxylic acids is 1. The molecular formula is C20H25N3OSSi. The van der Waals surface area contributed by atoms with Gasteiger partial charge in [0.25, 0.3) is 5.91 Å². The highest BCUT2D eigenvalue weighted by molar-refractivity contribution is 7.21. The molecule has 2 N–H and O–H groups in total. The van der Waals surface area contributed by atoms with Crippen LogP contribution >= 0.6 is 11.3 Å². The van der Waals surface area contributed by atoms with Gasteiger partial charge in [-0.3, -0.25) is 4.79 Å². The number of hydrogen-bond acceptors (Lipinski definition) is 3. The second-order valence-electron chi connectivity index (χ2n) is 8.18. The van der Waals surface area contributed by atoms with Crippen LogP contribution in [0.5, 0.6) is 0 Å². The molecule has 1 fully saturated rings. The Kier molecular flexibility index (Phi) is 4.27. The van der Waals surface area contributed by atoms with E-state index in [0.29, 0.717) is 11.7 Å². The van der Waals surface area contributed by atoms with Crippen molar-refractivity contribution in [2.24, 2.45) is 5.73 Å². The Balaban J connectivity index is 1.81. The van der Waals surface area contributed by atoms with Gasteiger partial charge in [-0.25, -0.2) is 4.98 Å². The number of fused-ring (bicyclic) bond motifs is 1. The van der Waals surface area contributed by atoms with Crippen molar-refractivity contribution in [2.75, 3.05) is 0 Å². The Labute approximate surface area is 159 Å². The summed E-state index contributed by atoms with van der Waals surface area (Å²) < 4.78 is 3.19. The maximum Gasteiger partial charge on any atom is 0.265 e. The Morgan fingerprint density at radius 3 is 2.62 bits per heavy atom. The lowest BCUT2D eigenvalue weighted by Crippen LogP contribution is -2.33. The summed E-state index contributed by atoms with van der Waals surface area (Å²) in [5.74, 6) is -0.352. The van der Waals surface area contributed by atoms with Crippen molar-refractivity contribution >= 4 is 35.7 Å². The molecule has 1 aromatic carbocycles. The lowest BCUT2D eigenvalue weighted by molar-refractivity contribution is 0.0989. The zero-order valence-corrected chi connectivity index (χ0v) is 17.4. The summed E-state index contributed by atoms with van der Waals surface area (Å²) in [5, 5.41) is 1.02. The summed E-state index contributed by atoms with van der Waals surface area (Å²) in [6, 6.07) is 13.2. The first-order valence-corrected chi connectivity index (χ1v) is 13.5. The number of benzene rings is 1. The number of nitrogens with zero attached hydrogens (tertiary/aromatic N) is 2. The molecule has 4 nitrogen and oxygen atoms in total. The van der Waals surface area contributed by atoms with Crippen LogP contribution in [0.2, 0.25) is 25.2 Å². The van der Waals surface area contributed by atoms with Gasteiger partial charge in [-0.1, -0.05) is 49.4 Å². The first-order valence-electron chi connectivity index (χ1n) is 9.23. The lowest BCUT2D eigenvalue weighted by Gasteiger charge is -2.34. The average Bonchev–Trinajstić information content (AvgIpc) is 3.13. The maximum absolute atomic E-state index is 12.1. The Bertz CT molecular complexity index is 978. The van der Waals surface area contributed by atoms with E-state index in [1.54, 1.807) is 11.3 Å². The van der Waals surface area contributed by atoms with Gasteiger partial charge in [-0.05, 0) is 31.4 Å². The Hall–Kier alpha value is -1.92. The second-order valence-corrected chi connectivity index (χ2v) is 14.5. The van der Waals surface area contributed by atoms with Gasteiger partial charge in [0.1, 0.15) is 10.7 Å². The van der Waals surface area contributed by atoms with Crippen LogP contribution in [-0.4, -0.2) is 23.5 Å². The van der Waals surface area contributed by atoms with Gasteiger partial charge in [0.15, 0.2) is 5.65 Å². The van der Waals surface area contributed by atoms with Crippen molar-refractivity contribution in [2.45, 2.75) is 51.0 Å². The number of aromatic nitrogens is 2. The fraction of sp³-hybridized carbons (Fsp3) is 0.400. The van der Waals surface area contributed by atoms with Crippen molar-refractivity contribution in [1.29, 1.82) is 0 Å². The molecule has 0 saturated carbocycles. The zero-order chi connectivity index (χ0) is 18.5. The molecule has 0 bridgehead atoms. The standard InChI is InChI=1S/C20H25N3OSSi/c1-13-6-4-5-7-15(13)20-22-19-17(25-20)12-16(18(21)24)23(19)14-8-10-26(2,3)11-9-14/h4-7,12,14H,8-11H2,1-3H3,(H2,21,24).